The van der Waals surface area contributed by atoms with Gasteiger partial charge in [-0.05, 0) is 36.6 Å². The van der Waals surface area contributed by atoms with Crippen molar-refractivity contribution in [3.05, 3.63) is 78.1 Å². The van der Waals surface area contributed by atoms with Crippen molar-refractivity contribution in [2.24, 2.45) is 0 Å². The van der Waals surface area contributed by atoms with Crippen molar-refractivity contribution >= 4 is 17.7 Å². The average Bonchev–Trinajstić information content (AvgIpc) is 2.56. The number of imide groups is 1. The molecular weight excluding hydrogens is 290 g/mol. The predicted octanol–water partition coefficient (Wildman–Crippen LogP) is 3.40. The molecule has 2 aromatic rings. The van der Waals surface area contributed by atoms with Crippen LogP contribution in [0.25, 0.3) is 0 Å². The topological polar surface area (TPSA) is 61.4 Å². The Labute approximate surface area is 134 Å². The highest BCUT2D eigenvalue weighted by molar-refractivity contribution is 6.07. The highest BCUT2D eigenvalue weighted by atomic mass is 16.2. The van der Waals surface area contributed by atoms with Crippen LogP contribution < -0.4 is 15.5 Å². The normalized spacial score (nSPS) is 16.2. The van der Waals surface area contributed by atoms with Gasteiger partial charge in [-0.2, -0.15) is 0 Å². The second-order valence-corrected chi connectivity index (χ2v) is 5.17. The SMILES string of the molecule is O=C1NC(=O)N(c2ccccc2)/C(=C/CCc2ccccc2)N1. The van der Waals surface area contributed by atoms with Crippen molar-refractivity contribution in [3.63, 3.8) is 0 Å². The molecule has 0 atom stereocenters. The standard InChI is InChI=1S/C18H17N3O2/c22-17-19-16(13-7-10-14-8-3-1-4-9-14)21(18(23)20-17)15-11-5-2-6-12-15/h1-6,8-9,11-13H,7,10H2,(H2,19,20,22,23)/b16-13+. The van der Waals surface area contributed by atoms with Crippen LogP contribution in [0.5, 0.6) is 0 Å². The summed E-state index contributed by atoms with van der Waals surface area (Å²) in [5.41, 5.74) is 1.91. The van der Waals surface area contributed by atoms with Crippen molar-refractivity contribution in [1.29, 1.82) is 0 Å². The van der Waals surface area contributed by atoms with E-state index in [1.54, 1.807) is 0 Å². The number of carbonyl (C=O) groups is 2. The molecule has 1 heterocycles. The van der Waals surface area contributed by atoms with Crippen LogP contribution in [0.3, 0.4) is 0 Å². The highest BCUT2D eigenvalue weighted by Crippen LogP contribution is 2.20. The van der Waals surface area contributed by atoms with Crippen molar-refractivity contribution < 1.29 is 9.59 Å². The minimum Gasteiger partial charge on any atom is -0.293 e. The molecule has 0 aromatic heterocycles. The van der Waals surface area contributed by atoms with E-state index >= 15 is 0 Å². The van der Waals surface area contributed by atoms with Gasteiger partial charge in [0.1, 0.15) is 5.82 Å². The fourth-order valence-corrected chi connectivity index (χ4v) is 2.46. The van der Waals surface area contributed by atoms with E-state index in [1.807, 2.05) is 54.6 Å². The number of nitrogens with zero attached hydrogens (tertiary/aromatic N) is 1. The Kier molecular flexibility index (Phi) is 4.38. The molecule has 0 unspecified atom stereocenters. The molecule has 4 amide bonds. The van der Waals surface area contributed by atoms with Crippen molar-refractivity contribution in [2.45, 2.75) is 12.8 Å². The molecule has 2 N–H and O–H groups in total. The maximum absolute atomic E-state index is 12.2. The molecule has 0 saturated carbocycles. The molecule has 1 aliphatic rings. The Morgan fingerprint density at radius 1 is 0.870 bits per heavy atom. The van der Waals surface area contributed by atoms with Gasteiger partial charge in [0.05, 0.1) is 5.69 Å². The third kappa shape index (κ3) is 3.58. The number of allylic oxidation sites excluding steroid dienone is 1. The largest absolute Gasteiger partial charge is 0.335 e. The second-order valence-electron chi connectivity index (χ2n) is 5.17. The number of nitrogens with one attached hydrogen (secondary N) is 2. The number of amides is 4. The number of carbonyl (C=O) groups excluding carboxylic acids is 2. The third-order valence-corrected chi connectivity index (χ3v) is 3.53. The highest BCUT2D eigenvalue weighted by Gasteiger charge is 2.28. The smallest absolute Gasteiger partial charge is 0.293 e. The maximum atomic E-state index is 12.2. The van der Waals surface area contributed by atoms with Crippen LogP contribution >= 0.6 is 0 Å². The molecule has 1 saturated heterocycles. The molecule has 2 aromatic carbocycles. The van der Waals surface area contributed by atoms with Gasteiger partial charge in [-0.3, -0.25) is 10.6 Å². The van der Waals surface area contributed by atoms with E-state index in [1.165, 1.54) is 10.5 Å². The number of benzene rings is 2. The summed E-state index contributed by atoms with van der Waals surface area (Å²) in [7, 11) is 0. The molecular formula is C18H17N3O2. The van der Waals surface area contributed by atoms with E-state index in [0.29, 0.717) is 11.5 Å². The first-order valence-electron chi connectivity index (χ1n) is 7.45. The summed E-state index contributed by atoms with van der Waals surface area (Å²) in [6, 6.07) is 18.3. The number of para-hydroxylation sites is 1. The van der Waals surface area contributed by atoms with Crippen LogP contribution in [0.4, 0.5) is 15.3 Å². The third-order valence-electron chi connectivity index (χ3n) is 3.53. The van der Waals surface area contributed by atoms with Crippen LogP contribution in [0, 0.1) is 0 Å². The summed E-state index contributed by atoms with van der Waals surface area (Å²) < 4.78 is 0. The lowest BCUT2D eigenvalue weighted by Gasteiger charge is -2.30. The first-order chi connectivity index (χ1) is 11.2. The Morgan fingerprint density at radius 2 is 1.52 bits per heavy atom. The van der Waals surface area contributed by atoms with E-state index in [-0.39, 0.29) is 0 Å². The molecule has 5 nitrogen and oxygen atoms in total. The maximum Gasteiger partial charge on any atom is 0.335 e. The molecule has 1 aliphatic heterocycles. The van der Waals surface area contributed by atoms with Gasteiger partial charge in [-0.25, -0.2) is 14.5 Å². The van der Waals surface area contributed by atoms with Gasteiger partial charge in [-0.1, -0.05) is 48.5 Å². The van der Waals surface area contributed by atoms with Crippen molar-refractivity contribution in [3.8, 4) is 0 Å². The second kappa shape index (κ2) is 6.79. The van der Waals surface area contributed by atoms with Crippen molar-refractivity contribution in [2.75, 3.05) is 4.90 Å². The number of rotatable bonds is 4. The minimum atomic E-state index is -0.506. The van der Waals surface area contributed by atoms with Gasteiger partial charge in [0, 0.05) is 0 Å². The summed E-state index contributed by atoms with van der Waals surface area (Å²) in [5, 5.41) is 4.96. The van der Waals surface area contributed by atoms with Crippen LogP contribution in [0.1, 0.15) is 12.0 Å². The molecule has 116 valence electrons. The van der Waals surface area contributed by atoms with Crippen LogP contribution in [-0.2, 0) is 6.42 Å². The number of hydrogen-bond donors (Lipinski definition) is 2. The lowest BCUT2D eigenvalue weighted by atomic mass is 10.1. The molecule has 23 heavy (non-hydrogen) atoms. The van der Waals surface area contributed by atoms with Gasteiger partial charge >= 0.3 is 12.1 Å². The first-order valence-corrected chi connectivity index (χ1v) is 7.45. The molecule has 0 radical (unpaired) electrons. The molecule has 5 heteroatoms. The van der Waals surface area contributed by atoms with Crippen LogP contribution in [-0.4, -0.2) is 12.1 Å². The fourth-order valence-electron chi connectivity index (χ4n) is 2.46. The van der Waals surface area contributed by atoms with Crippen molar-refractivity contribution in [1.82, 2.24) is 10.6 Å². The van der Waals surface area contributed by atoms with E-state index in [2.05, 4.69) is 22.8 Å². The van der Waals surface area contributed by atoms with Gasteiger partial charge in [0.25, 0.3) is 0 Å². The van der Waals surface area contributed by atoms with E-state index in [0.717, 1.165) is 12.8 Å². The average molecular weight is 307 g/mol. The Bertz CT molecular complexity index is 726. The molecule has 1 fully saturated rings. The summed E-state index contributed by atoms with van der Waals surface area (Å²) >= 11 is 0. The Balaban J connectivity index is 1.79. The minimum absolute atomic E-state index is 0.453. The zero-order valence-corrected chi connectivity index (χ0v) is 12.5. The zero-order chi connectivity index (χ0) is 16.1. The van der Waals surface area contributed by atoms with Crippen LogP contribution in [0.2, 0.25) is 0 Å². The number of anilines is 1. The monoisotopic (exact) mass is 307 g/mol. The summed E-state index contributed by atoms with van der Waals surface area (Å²) in [6.07, 6.45) is 3.43. The van der Waals surface area contributed by atoms with E-state index in [4.69, 9.17) is 0 Å². The van der Waals surface area contributed by atoms with Gasteiger partial charge in [0.2, 0.25) is 0 Å². The first kappa shape index (κ1) is 14.8. The van der Waals surface area contributed by atoms with Gasteiger partial charge in [-0.15, -0.1) is 0 Å². The van der Waals surface area contributed by atoms with Gasteiger partial charge in [0.15, 0.2) is 0 Å². The Hall–Kier alpha value is -3.08. The number of aryl methyl sites for hydroxylation is 1. The summed E-state index contributed by atoms with van der Waals surface area (Å²) in [4.78, 5) is 25.2. The summed E-state index contributed by atoms with van der Waals surface area (Å²) in [6.45, 7) is 0. The van der Waals surface area contributed by atoms with E-state index in [9.17, 15) is 9.59 Å². The summed E-state index contributed by atoms with van der Waals surface area (Å²) in [5.74, 6) is 0.487. The molecule has 3 rings (SSSR count). The predicted molar refractivity (Wildman–Crippen MR) is 88.8 cm³/mol. The zero-order valence-electron chi connectivity index (χ0n) is 12.5. The lowest BCUT2D eigenvalue weighted by molar-refractivity contribution is 0.227. The molecule has 0 spiro atoms. The number of hydrogen-bond acceptors (Lipinski definition) is 2. The number of urea groups is 2. The molecule has 0 bridgehead atoms. The van der Waals surface area contributed by atoms with Crippen LogP contribution in [0.15, 0.2) is 72.6 Å². The van der Waals surface area contributed by atoms with E-state index < -0.39 is 12.1 Å². The van der Waals surface area contributed by atoms with Gasteiger partial charge < -0.3 is 0 Å². The quantitative estimate of drug-likeness (QED) is 0.909. The Morgan fingerprint density at radius 3 is 2.22 bits per heavy atom. The molecule has 0 aliphatic carbocycles. The lowest BCUT2D eigenvalue weighted by Crippen LogP contribution is -2.56. The fraction of sp³-hybridized carbons (Fsp3) is 0.111.